The van der Waals surface area contributed by atoms with E-state index in [1.54, 1.807) is 7.05 Å². The number of hydrogen-bond acceptors (Lipinski definition) is 3. The zero-order valence-electron chi connectivity index (χ0n) is 11.6. The average molecular weight is 250 g/mol. The molecule has 1 aliphatic rings. The Balaban J connectivity index is 1.84. The molecular weight excluding hydrogens is 228 g/mol. The van der Waals surface area contributed by atoms with E-state index in [1.807, 2.05) is 13.8 Å². The fourth-order valence-electron chi connectivity index (χ4n) is 1.83. The number of nitrogens with zero attached hydrogens (tertiary/aromatic N) is 2. The largest absolute Gasteiger partial charge is 0.361 e. The molecule has 1 aliphatic carbocycles. The Labute approximate surface area is 108 Å². The number of nitrogens with one attached hydrogen (secondary N) is 2. The summed E-state index contributed by atoms with van der Waals surface area (Å²) in [6.45, 7) is 7.85. The number of aliphatic imine (C=N–C) groups is 1. The molecule has 0 aliphatic heterocycles. The van der Waals surface area contributed by atoms with Gasteiger partial charge in [-0.15, -0.1) is 0 Å². The summed E-state index contributed by atoms with van der Waals surface area (Å²) in [4.78, 5) is 4.22. The van der Waals surface area contributed by atoms with Crippen molar-refractivity contribution in [2.75, 3.05) is 13.6 Å². The molecule has 2 rings (SSSR count). The van der Waals surface area contributed by atoms with Crippen LogP contribution in [0.15, 0.2) is 9.52 Å². The topological polar surface area (TPSA) is 62.5 Å². The normalized spacial score (nSPS) is 17.7. The Bertz CT molecular complexity index is 426. The van der Waals surface area contributed by atoms with Gasteiger partial charge in [0.25, 0.3) is 0 Å². The van der Waals surface area contributed by atoms with Crippen molar-refractivity contribution in [2.45, 2.75) is 40.2 Å². The van der Waals surface area contributed by atoms with E-state index in [1.165, 1.54) is 12.8 Å². The maximum Gasteiger partial charge on any atom is 0.191 e. The van der Waals surface area contributed by atoms with E-state index in [-0.39, 0.29) is 0 Å². The smallest absolute Gasteiger partial charge is 0.191 e. The third-order valence-electron chi connectivity index (χ3n) is 3.62. The summed E-state index contributed by atoms with van der Waals surface area (Å²) in [5.41, 5.74) is 2.51. The molecule has 0 spiro atoms. The average Bonchev–Trinajstić information content (AvgIpc) is 3.00. The molecule has 0 atom stereocenters. The van der Waals surface area contributed by atoms with Crippen LogP contribution in [0.4, 0.5) is 0 Å². The van der Waals surface area contributed by atoms with Gasteiger partial charge in [0.1, 0.15) is 5.76 Å². The first-order valence-corrected chi connectivity index (χ1v) is 6.40. The minimum absolute atomic E-state index is 0.473. The van der Waals surface area contributed by atoms with Crippen molar-refractivity contribution >= 4 is 5.96 Å². The van der Waals surface area contributed by atoms with Crippen LogP contribution < -0.4 is 10.6 Å². The van der Waals surface area contributed by atoms with Crippen LogP contribution in [0, 0.1) is 19.3 Å². The van der Waals surface area contributed by atoms with E-state index in [0.29, 0.717) is 12.0 Å². The monoisotopic (exact) mass is 250 g/mol. The zero-order chi connectivity index (χ0) is 13.2. The summed E-state index contributed by atoms with van der Waals surface area (Å²) in [6.07, 6.45) is 2.61. The zero-order valence-corrected chi connectivity index (χ0v) is 11.6. The van der Waals surface area contributed by atoms with Crippen molar-refractivity contribution in [2.24, 2.45) is 10.4 Å². The molecule has 1 saturated carbocycles. The van der Waals surface area contributed by atoms with Crippen LogP contribution in [0.3, 0.4) is 0 Å². The van der Waals surface area contributed by atoms with Gasteiger partial charge < -0.3 is 15.2 Å². The summed E-state index contributed by atoms with van der Waals surface area (Å²) >= 11 is 0. The lowest BCUT2D eigenvalue weighted by Crippen LogP contribution is -2.39. The van der Waals surface area contributed by atoms with Gasteiger partial charge in [0.15, 0.2) is 5.96 Å². The van der Waals surface area contributed by atoms with Gasteiger partial charge in [0, 0.05) is 25.7 Å². The summed E-state index contributed by atoms with van der Waals surface area (Å²) in [6, 6.07) is 0. The lowest BCUT2D eigenvalue weighted by atomic mass is 10.1. The first-order valence-electron chi connectivity index (χ1n) is 6.40. The Morgan fingerprint density at radius 1 is 1.39 bits per heavy atom. The Morgan fingerprint density at radius 3 is 2.61 bits per heavy atom. The summed E-state index contributed by atoms with van der Waals surface area (Å²) in [5, 5.41) is 10.6. The summed E-state index contributed by atoms with van der Waals surface area (Å²) in [7, 11) is 1.79. The third-order valence-corrected chi connectivity index (χ3v) is 3.62. The van der Waals surface area contributed by atoms with Gasteiger partial charge in [-0.25, -0.2) is 0 Å². The molecule has 0 bridgehead atoms. The second-order valence-corrected chi connectivity index (χ2v) is 5.39. The molecule has 0 amide bonds. The van der Waals surface area contributed by atoms with Gasteiger partial charge in [-0.1, -0.05) is 12.1 Å². The first kappa shape index (κ1) is 12.9. The van der Waals surface area contributed by atoms with E-state index in [9.17, 15) is 0 Å². The molecule has 0 radical (unpaired) electrons. The van der Waals surface area contributed by atoms with Gasteiger partial charge in [-0.2, -0.15) is 0 Å². The standard InChI is InChI=1S/C13H22N4O/c1-9-11(10(2)18-17-9)7-15-12(14-4)16-8-13(3)5-6-13/h5-8H2,1-4H3,(H2,14,15,16). The number of hydrogen-bond donors (Lipinski definition) is 2. The second kappa shape index (κ2) is 5.00. The third kappa shape index (κ3) is 3.03. The van der Waals surface area contributed by atoms with Gasteiger partial charge in [-0.05, 0) is 32.1 Å². The quantitative estimate of drug-likeness (QED) is 0.631. The van der Waals surface area contributed by atoms with Crippen molar-refractivity contribution in [3.05, 3.63) is 17.0 Å². The molecule has 1 heterocycles. The van der Waals surface area contributed by atoms with Crippen LogP contribution in [0.25, 0.3) is 0 Å². The Kier molecular flexibility index (Phi) is 3.59. The molecule has 1 aromatic heterocycles. The van der Waals surface area contributed by atoms with Crippen LogP contribution in [-0.2, 0) is 6.54 Å². The van der Waals surface area contributed by atoms with Crippen molar-refractivity contribution in [1.29, 1.82) is 0 Å². The van der Waals surface area contributed by atoms with Gasteiger partial charge >= 0.3 is 0 Å². The summed E-state index contributed by atoms with van der Waals surface area (Å²) in [5.74, 6) is 1.70. The minimum atomic E-state index is 0.473. The van der Waals surface area contributed by atoms with Crippen LogP contribution >= 0.6 is 0 Å². The number of aryl methyl sites for hydroxylation is 2. The highest BCUT2D eigenvalue weighted by atomic mass is 16.5. The van der Waals surface area contributed by atoms with E-state index in [0.717, 1.165) is 29.5 Å². The van der Waals surface area contributed by atoms with Crippen molar-refractivity contribution in [1.82, 2.24) is 15.8 Å². The van der Waals surface area contributed by atoms with Crippen LogP contribution in [0.5, 0.6) is 0 Å². The van der Waals surface area contributed by atoms with Crippen molar-refractivity contribution in [3.63, 3.8) is 0 Å². The minimum Gasteiger partial charge on any atom is -0.361 e. The molecule has 0 unspecified atom stereocenters. The Hall–Kier alpha value is -1.52. The van der Waals surface area contributed by atoms with Crippen molar-refractivity contribution < 1.29 is 4.52 Å². The fourth-order valence-corrected chi connectivity index (χ4v) is 1.83. The van der Waals surface area contributed by atoms with Gasteiger partial charge in [0.05, 0.1) is 5.69 Å². The lowest BCUT2D eigenvalue weighted by Gasteiger charge is -2.14. The Morgan fingerprint density at radius 2 is 2.11 bits per heavy atom. The summed E-state index contributed by atoms with van der Waals surface area (Å²) < 4.78 is 5.14. The predicted octanol–water partition coefficient (Wildman–Crippen LogP) is 1.76. The van der Waals surface area contributed by atoms with E-state index >= 15 is 0 Å². The van der Waals surface area contributed by atoms with Crippen molar-refractivity contribution in [3.8, 4) is 0 Å². The molecular formula is C13H22N4O. The second-order valence-electron chi connectivity index (χ2n) is 5.39. The van der Waals surface area contributed by atoms with E-state index in [2.05, 4.69) is 27.7 Å². The fraction of sp³-hybridized carbons (Fsp3) is 0.692. The molecule has 1 aromatic rings. The highest BCUT2D eigenvalue weighted by Crippen LogP contribution is 2.43. The molecule has 18 heavy (non-hydrogen) atoms. The molecule has 100 valence electrons. The lowest BCUT2D eigenvalue weighted by molar-refractivity contribution is 0.392. The highest BCUT2D eigenvalue weighted by molar-refractivity contribution is 5.79. The van der Waals surface area contributed by atoms with Gasteiger partial charge in [-0.3, -0.25) is 4.99 Å². The molecule has 2 N–H and O–H groups in total. The SMILES string of the molecule is CN=C(NCc1c(C)noc1C)NCC1(C)CC1. The molecule has 1 fully saturated rings. The van der Waals surface area contributed by atoms with Crippen LogP contribution in [-0.4, -0.2) is 24.7 Å². The molecule has 5 heteroatoms. The molecule has 5 nitrogen and oxygen atoms in total. The predicted molar refractivity (Wildman–Crippen MR) is 71.5 cm³/mol. The van der Waals surface area contributed by atoms with E-state index < -0.39 is 0 Å². The number of rotatable bonds is 4. The molecule has 0 saturated heterocycles. The van der Waals surface area contributed by atoms with Gasteiger partial charge in [0.2, 0.25) is 0 Å². The van der Waals surface area contributed by atoms with Crippen LogP contribution in [0.1, 0.15) is 36.8 Å². The molecule has 0 aromatic carbocycles. The first-order chi connectivity index (χ1) is 8.54. The number of guanidine groups is 1. The van der Waals surface area contributed by atoms with E-state index in [4.69, 9.17) is 4.52 Å². The number of aromatic nitrogens is 1. The highest BCUT2D eigenvalue weighted by Gasteiger charge is 2.36. The maximum absolute atomic E-state index is 5.14. The van der Waals surface area contributed by atoms with Crippen LogP contribution in [0.2, 0.25) is 0 Å². The maximum atomic E-state index is 5.14.